The average Bonchev–Trinajstić information content (AvgIpc) is 3.23. The van der Waals surface area contributed by atoms with E-state index in [9.17, 15) is 9.59 Å². The minimum absolute atomic E-state index is 0.0345. The number of anilines is 3. The molecule has 1 aliphatic heterocycles. The molecule has 36 heavy (non-hydrogen) atoms. The number of hydrogen-bond donors (Lipinski definition) is 3. The highest BCUT2D eigenvalue weighted by Gasteiger charge is 2.22. The Morgan fingerprint density at radius 2 is 1.69 bits per heavy atom. The van der Waals surface area contributed by atoms with Gasteiger partial charge in [-0.3, -0.25) is 9.59 Å². The van der Waals surface area contributed by atoms with E-state index in [-0.39, 0.29) is 24.5 Å². The van der Waals surface area contributed by atoms with E-state index in [1.807, 2.05) is 26.8 Å². The van der Waals surface area contributed by atoms with Gasteiger partial charge < -0.3 is 30.2 Å². The number of ether oxygens (including phenoxy) is 3. The number of nitrogens with one attached hydrogen (secondary N) is 3. The Hall–Kier alpha value is -4.20. The van der Waals surface area contributed by atoms with Gasteiger partial charge in [0.2, 0.25) is 5.91 Å². The minimum Gasteiger partial charge on any atom is -0.494 e. The van der Waals surface area contributed by atoms with Crippen LogP contribution in [0.15, 0.2) is 60.7 Å². The van der Waals surface area contributed by atoms with E-state index in [0.717, 1.165) is 23.5 Å². The van der Waals surface area contributed by atoms with E-state index in [0.29, 0.717) is 41.6 Å². The molecule has 4 rings (SSSR count). The number of rotatable bonds is 10. The quantitative estimate of drug-likeness (QED) is 0.366. The standard InChI is InChI=1S/C28H31N3O5/c1-4-34-21-12-10-20(11-13-21)30-28(33)22-8-6-7-9-23(22)29-17-27(32)31-24-16-25-19(14-18(3)36-25)15-26(24)35-5-2/h6-13,15-16,18,29H,4-5,14,17H2,1-3H3,(H,30,33)(H,31,32)/t18-/m0/s1. The van der Waals surface area contributed by atoms with E-state index >= 15 is 0 Å². The predicted octanol–water partition coefficient (Wildman–Crippen LogP) is 5.11. The summed E-state index contributed by atoms with van der Waals surface area (Å²) in [4.78, 5) is 25.7. The second-order valence-electron chi connectivity index (χ2n) is 8.38. The zero-order chi connectivity index (χ0) is 25.5. The molecule has 188 valence electrons. The number of para-hydroxylation sites is 1. The van der Waals surface area contributed by atoms with Crippen LogP contribution in [0.4, 0.5) is 17.1 Å². The normalized spacial score (nSPS) is 13.8. The van der Waals surface area contributed by atoms with Crippen molar-refractivity contribution in [2.45, 2.75) is 33.3 Å². The first-order valence-corrected chi connectivity index (χ1v) is 12.1. The fourth-order valence-electron chi connectivity index (χ4n) is 4.02. The molecule has 0 saturated heterocycles. The Balaban J connectivity index is 1.40. The lowest BCUT2D eigenvalue weighted by molar-refractivity contribution is -0.114. The highest BCUT2D eigenvalue weighted by molar-refractivity contribution is 6.08. The molecule has 0 aromatic heterocycles. The molecule has 0 aliphatic carbocycles. The second kappa shape index (κ2) is 11.5. The second-order valence-corrected chi connectivity index (χ2v) is 8.38. The molecule has 0 saturated carbocycles. The van der Waals surface area contributed by atoms with Crippen LogP contribution in [0.5, 0.6) is 17.2 Å². The lowest BCUT2D eigenvalue weighted by atomic mass is 10.1. The average molecular weight is 490 g/mol. The Kier molecular flexibility index (Phi) is 7.95. The number of carbonyl (C=O) groups excluding carboxylic acids is 2. The van der Waals surface area contributed by atoms with Gasteiger partial charge in [0.25, 0.3) is 5.91 Å². The lowest BCUT2D eigenvalue weighted by Gasteiger charge is -2.15. The third-order valence-electron chi connectivity index (χ3n) is 5.61. The van der Waals surface area contributed by atoms with Crippen molar-refractivity contribution < 1.29 is 23.8 Å². The number of benzene rings is 3. The molecule has 3 aromatic rings. The fourth-order valence-corrected chi connectivity index (χ4v) is 4.02. The molecule has 2 amide bonds. The van der Waals surface area contributed by atoms with Crippen molar-refractivity contribution in [1.29, 1.82) is 0 Å². The largest absolute Gasteiger partial charge is 0.494 e. The van der Waals surface area contributed by atoms with Crippen molar-refractivity contribution in [2.75, 3.05) is 35.7 Å². The summed E-state index contributed by atoms with van der Waals surface area (Å²) in [7, 11) is 0. The van der Waals surface area contributed by atoms with Crippen LogP contribution in [0.3, 0.4) is 0 Å². The third kappa shape index (κ3) is 6.07. The van der Waals surface area contributed by atoms with E-state index in [1.54, 1.807) is 54.6 Å². The highest BCUT2D eigenvalue weighted by Crippen LogP contribution is 2.38. The molecular weight excluding hydrogens is 458 g/mol. The first-order chi connectivity index (χ1) is 17.5. The first-order valence-electron chi connectivity index (χ1n) is 12.1. The molecular formula is C28H31N3O5. The summed E-state index contributed by atoms with van der Waals surface area (Å²) in [5.41, 5.74) is 3.24. The maximum absolute atomic E-state index is 12.9. The third-order valence-corrected chi connectivity index (χ3v) is 5.61. The van der Waals surface area contributed by atoms with Crippen molar-refractivity contribution in [3.8, 4) is 17.2 Å². The van der Waals surface area contributed by atoms with Gasteiger partial charge in [0.1, 0.15) is 23.4 Å². The molecule has 1 heterocycles. The first kappa shape index (κ1) is 24.9. The highest BCUT2D eigenvalue weighted by atomic mass is 16.5. The predicted molar refractivity (Wildman–Crippen MR) is 141 cm³/mol. The van der Waals surface area contributed by atoms with Crippen molar-refractivity contribution in [3.63, 3.8) is 0 Å². The summed E-state index contributed by atoms with van der Waals surface area (Å²) in [5, 5.41) is 8.85. The lowest BCUT2D eigenvalue weighted by Crippen LogP contribution is -2.23. The van der Waals surface area contributed by atoms with Crippen LogP contribution >= 0.6 is 0 Å². The summed E-state index contributed by atoms with van der Waals surface area (Å²) in [6, 6.07) is 17.9. The molecule has 8 heteroatoms. The van der Waals surface area contributed by atoms with Crippen molar-refractivity contribution in [2.24, 2.45) is 0 Å². The van der Waals surface area contributed by atoms with Gasteiger partial charge in [-0.15, -0.1) is 0 Å². The van der Waals surface area contributed by atoms with E-state index < -0.39 is 0 Å². The van der Waals surface area contributed by atoms with Crippen LogP contribution in [0, 0.1) is 0 Å². The number of amides is 2. The van der Waals surface area contributed by atoms with Crippen molar-refractivity contribution in [1.82, 2.24) is 0 Å². The molecule has 1 atom stereocenters. The molecule has 0 spiro atoms. The van der Waals surface area contributed by atoms with E-state index in [2.05, 4.69) is 16.0 Å². The summed E-state index contributed by atoms with van der Waals surface area (Å²) in [6.45, 7) is 6.84. The molecule has 8 nitrogen and oxygen atoms in total. The van der Waals surface area contributed by atoms with Gasteiger partial charge in [-0.1, -0.05) is 12.1 Å². The molecule has 0 fully saturated rings. The maximum atomic E-state index is 12.9. The van der Waals surface area contributed by atoms with Gasteiger partial charge in [0, 0.05) is 29.4 Å². The Labute approximate surface area is 211 Å². The van der Waals surface area contributed by atoms with Crippen LogP contribution in [0.1, 0.15) is 36.7 Å². The molecule has 3 aromatic carbocycles. The summed E-state index contributed by atoms with van der Waals surface area (Å²) in [6.07, 6.45) is 0.896. The van der Waals surface area contributed by atoms with Gasteiger partial charge in [-0.05, 0) is 63.2 Å². The monoisotopic (exact) mass is 489 g/mol. The zero-order valence-corrected chi connectivity index (χ0v) is 20.7. The topological polar surface area (TPSA) is 97.9 Å². The van der Waals surface area contributed by atoms with Gasteiger partial charge in [0.15, 0.2) is 0 Å². The van der Waals surface area contributed by atoms with Gasteiger partial charge in [0.05, 0.1) is 31.0 Å². The van der Waals surface area contributed by atoms with Crippen molar-refractivity contribution in [3.05, 3.63) is 71.8 Å². The molecule has 0 bridgehead atoms. The van der Waals surface area contributed by atoms with Crippen molar-refractivity contribution >= 4 is 28.9 Å². The molecule has 3 N–H and O–H groups in total. The van der Waals surface area contributed by atoms with E-state index in [4.69, 9.17) is 14.2 Å². The maximum Gasteiger partial charge on any atom is 0.257 e. The van der Waals surface area contributed by atoms with Gasteiger partial charge in [-0.2, -0.15) is 0 Å². The number of carbonyl (C=O) groups is 2. The van der Waals surface area contributed by atoms with Crippen LogP contribution in [0.25, 0.3) is 0 Å². The van der Waals surface area contributed by atoms with Crippen LogP contribution in [-0.4, -0.2) is 37.7 Å². The Morgan fingerprint density at radius 3 is 2.44 bits per heavy atom. The van der Waals surface area contributed by atoms with Crippen LogP contribution in [0.2, 0.25) is 0 Å². The SMILES string of the molecule is CCOc1ccc(NC(=O)c2ccccc2NCC(=O)Nc2cc3c(cc2OCC)C[C@H](C)O3)cc1. The minimum atomic E-state index is -0.286. The van der Waals surface area contributed by atoms with Gasteiger partial charge >= 0.3 is 0 Å². The van der Waals surface area contributed by atoms with Crippen LogP contribution < -0.4 is 30.2 Å². The summed E-state index contributed by atoms with van der Waals surface area (Å²) < 4.78 is 17.0. The zero-order valence-electron chi connectivity index (χ0n) is 20.7. The van der Waals surface area contributed by atoms with Gasteiger partial charge in [-0.25, -0.2) is 0 Å². The smallest absolute Gasteiger partial charge is 0.257 e. The van der Waals surface area contributed by atoms with E-state index in [1.165, 1.54) is 0 Å². The summed E-state index contributed by atoms with van der Waals surface area (Å²) in [5.74, 6) is 1.54. The fraction of sp³-hybridized carbons (Fsp3) is 0.286. The number of fused-ring (bicyclic) bond motifs is 1. The Morgan fingerprint density at radius 1 is 0.944 bits per heavy atom. The summed E-state index contributed by atoms with van der Waals surface area (Å²) >= 11 is 0. The molecule has 1 aliphatic rings. The Bertz CT molecular complexity index is 1230. The molecule has 0 radical (unpaired) electrons. The number of hydrogen-bond acceptors (Lipinski definition) is 6. The molecule has 0 unspecified atom stereocenters. The van der Waals surface area contributed by atoms with Crippen LogP contribution in [-0.2, 0) is 11.2 Å².